The van der Waals surface area contributed by atoms with Crippen molar-refractivity contribution in [1.29, 1.82) is 0 Å². The van der Waals surface area contributed by atoms with E-state index < -0.39 is 0 Å². The fourth-order valence-electron chi connectivity index (χ4n) is 1.95. The highest BCUT2D eigenvalue weighted by Crippen LogP contribution is 2.18. The second-order valence-electron chi connectivity index (χ2n) is 4.36. The van der Waals surface area contributed by atoms with E-state index in [1.165, 1.54) is 12.8 Å². The molecule has 2 heterocycles. The summed E-state index contributed by atoms with van der Waals surface area (Å²) in [5.41, 5.74) is 0. The van der Waals surface area contributed by atoms with E-state index in [1.807, 2.05) is 4.90 Å². The monoisotopic (exact) mass is 182 g/mol. The first kappa shape index (κ1) is 9.00. The third-order valence-corrected chi connectivity index (χ3v) is 3.23. The summed E-state index contributed by atoms with van der Waals surface area (Å²) in [7, 11) is 0. The fraction of sp³-hybridized carbons (Fsp3) is 0.900. The standard InChI is InChI=1S/C10H18N2O/c1-8-2-4-12(5-3-8)10(13)9-6-11-7-9/h8-9,11H,2-7H2,1H3. The van der Waals surface area contributed by atoms with Crippen molar-refractivity contribution in [2.45, 2.75) is 19.8 Å². The number of hydrogen-bond acceptors (Lipinski definition) is 2. The van der Waals surface area contributed by atoms with E-state index in [4.69, 9.17) is 0 Å². The van der Waals surface area contributed by atoms with Crippen molar-refractivity contribution in [2.75, 3.05) is 26.2 Å². The lowest BCUT2D eigenvalue weighted by Crippen LogP contribution is -2.53. The Kier molecular flexibility index (Phi) is 2.54. The van der Waals surface area contributed by atoms with Gasteiger partial charge < -0.3 is 10.2 Å². The molecule has 0 spiro atoms. The highest BCUT2D eigenvalue weighted by atomic mass is 16.2. The molecule has 2 aliphatic heterocycles. The number of nitrogens with zero attached hydrogens (tertiary/aromatic N) is 1. The van der Waals surface area contributed by atoms with Crippen LogP contribution in [0.15, 0.2) is 0 Å². The quantitative estimate of drug-likeness (QED) is 0.639. The molecule has 0 aromatic rings. The molecule has 3 nitrogen and oxygen atoms in total. The third-order valence-electron chi connectivity index (χ3n) is 3.23. The van der Waals surface area contributed by atoms with E-state index in [2.05, 4.69) is 12.2 Å². The number of piperidine rings is 1. The van der Waals surface area contributed by atoms with Crippen LogP contribution in [0.4, 0.5) is 0 Å². The number of hydrogen-bond donors (Lipinski definition) is 1. The van der Waals surface area contributed by atoms with Crippen LogP contribution in [0, 0.1) is 11.8 Å². The van der Waals surface area contributed by atoms with Gasteiger partial charge in [0.1, 0.15) is 0 Å². The van der Waals surface area contributed by atoms with Crippen molar-refractivity contribution in [2.24, 2.45) is 11.8 Å². The van der Waals surface area contributed by atoms with E-state index in [9.17, 15) is 4.79 Å². The highest BCUT2D eigenvalue weighted by Gasteiger charge is 2.30. The molecule has 2 fully saturated rings. The summed E-state index contributed by atoms with van der Waals surface area (Å²) in [5, 5.41) is 3.14. The van der Waals surface area contributed by atoms with Crippen LogP contribution in [0.5, 0.6) is 0 Å². The molecule has 3 heteroatoms. The van der Waals surface area contributed by atoms with Gasteiger partial charge in [-0.05, 0) is 18.8 Å². The van der Waals surface area contributed by atoms with Crippen LogP contribution in [-0.4, -0.2) is 37.0 Å². The molecule has 0 radical (unpaired) electrons. The van der Waals surface area contributed by atoms with E-state index in [0.717, 1.165) is 32.1 Å². The molecule has 2 saturated heterocycles. The summed E-state index contributed by atoms with van der Waals surface area (Å²) in [6.45, 7) is 6.02. The first-order valence-corrected chi connectivity index (χ1v) is 5.27. The number of likely N-dealkylation sites (tertiary alicyclic amines) is 1. The van der Waals surface area contributed by atoms with Gasteiger partial charge in [-0.25, -0.2) is 0 Å². The van der Waals surface area contributed by atoms with Crippen molar-refractivity contribution in [1.82, 2.24) is 10.2 Å². The van der Waals surface area contributed by atoms with Gasteiger partial charge in [0.15, 0.2) is 0 Å². The van der Waals surface area contributed by atoms with Crippen molar-refractivity contribution >= 4 is 5.91 Å². The average Bonchev–Trinajstić information content (AvgIpc) is 2.02. The van der Waals surface area contributed by atoms with E-state index >= 15 is 0 Å². The van der Waals surface area contributed by atoms with Gasteiger partial charge in [-0.3, -0.25) is 4.79 Å². The van der Waals surface area contributed by atoms with E-state index in [1.54, 1.807) is 0 Å². The Hall–Kier alpha value is -0.570. The maximum atomic E-state index is 11.8. The molecule has 0 bridgehead atoms. The van der Waals surface area contributed by atoms with Crippen molar-refractivity contribution < 1.29 is 4.79 Å². The zero-order chi connectivity index (χ0) is 9.26. The molecule has 74 valence electrons. The molecule has 1 amide bonds. The minimum absolute atomic E-state index is 0.286. The normalized spacial score (nSPS) is 25.8. The van der Waals surface area contributed by atoms with Gasteiger partial charge in [-0.2, -0.15) is 0 Å². The molecule has 2 rings (SSSR count). The van der Waals surface area contributed by atoms with Crippen LogP contribution in [-0.2, 0) is 4.79 Å². The minimum atomic E-state index is 0.286. The predicted octanol–water partition coefficient (Wildman–Crippen LogP) is 0.464. The molecule has 2 aliphatic rings. The van der Waals surface area contributed by atoms with E-state index in [0.29, 0.717) is 5.91 Å². The molecular formula is C10H18N2O. The van der Waals surface area contributed by atoms with E-state index in [-0.39, 0.29) is 5.92 Å². The molecule has 0 unspecified atom stereocenters. The fourth-order valence-corrected chi connectivity index (χ4v) is 1.95. The molecule has 0 atom stereocenters. The number of nitrogens with one attached hydrogen (secondary N) is 1. The van der Waals surface area contributed by atoms with Crippen LogP contribution in [0.1, 0.15) is 19.8 Å². The van der Waals surface area contributed by atoms with Crippen LogP contribution in [0.3, 0.4) is 0 Å². The van der Waals surface area contributed by atoms with Crippen LogP contribution in [0.25, 0.3) is 0 Å². The largest absolute Gasteiger partial charge is 0.342 e. The maximum absolute atomic E-state index is 11.8. The Bertz CT molecular complexity index is 193. The number of amides is 1. The number of carbonyl (C=O) groups excluding carboxylic acids is 1. The summed E-state index contributed by atoms with van der Waals surface area (Å²) in [4.78, 5) is 13.8. The second kappa shape index (κ2) is 3.66. The zero-order valence-corrected chi connectivity index (χ0v) is 8.25. The molecule has 0 aromatic heterocycles. The van der Waals surface area contributed by atoms with Crippen molar-refractivity contribution in [3.63, 3.8) is 0 Å². The summed E-state index contributed by atoms with van der Waals surface area (Å²) in [5.74, 6) is 1.47. The lowest BCUT2D eigenvalue weighted by atomic mass is 9.96. The van der Waals surface area contributed by atoms with Crippen LogP contribution >= 0.6 is 0 Å². The SMILES string of the molecule is CC1CCN(C(=O)C2CNC2)CC1. The predicted molar refractivity (Wildman–Crippen MR) is 51.3 cm³/mol. The second-order valence-corrected chi connectivity index (χ2v) is 4.36. The van der Waals surface area contributed by atoms with Crippen molar-refractivity contribution in [3.8, 4) is 0 Å². The molecule has 1 N–H and O–H groups in total. The van der Waals surface area contributed by atoms with Gasteiger partial charge >= 0.3 is 0 Å². The summed E-state index contributed by atoms with van der Waals surface area (Å²) < 4.78 is 0. The first-order valence-electron chi connectivity index (χ1n) is 5.27. The lowest BCUT2D eigenvalue weighted by molar-refractivity contribution is -0.138. The maximum Gasteiger partial charge on any atom is 0.228 e. The Labute approximate surface area is 79.5 Å². The van der Waals surface area contributed by atoms with Crippen LogP contribution in [0.2, 0.25) is 0 Å². The van der Waals surface area contributed by atoms with Crippen molar-refractivity contribution in [3.05, 3.63) is 0 Å². The highest BCUT2D eigenvalue weighted by molar-refractivity contribution is 5.80. The summed E-state index contributed by atoms with van der Waals surface area (Å²) in [6, 6.07) is 0. The third kappa shape index (κ3) is 1.85. The summed E-state index contributed by atoms with van der Waals surface area (Å²) >= 11 is 0. The molecular weight excluding hydrogens is 164 g/mol. The Balaban J connectivity index is 1.83. The molecule has 0 aromatic carbocycles. The van der Waals surface area contributed by atoms with Gasteiger partial charge in [0.25, 0.3) is 0 Å². The Morgan fingerprint density at radius 3 is 2.38 bits per heavy atom. The first-order chi connectivity index (χ1) is 6.27. The smallest absolute Gasteiger partial charge is 0.228 e. The summed E-state index contributed by atoms with van der Waals surface area (Å²) in [6.07, 6.45) is 2.37. The minimum Gasteiger partial charge on any atom is -0.342 e. The van der Waals surface area contributed by atoms with Gasteiger partial charge in [0.05, 0.1) is 5.92 Å². The van der Waals surface area contributed by atoms with Gasteiger partial charge in [0, 0.05) is 26.2 Å². The van der Waals surface area contributed by atoms with Gasteiger partial charge in [0.2, 0.25) is 5.91 Å². The topological polar surface area (TPSA) is 32.3 Å². The van der Waals surface area contributed by atoms with Crippen LogP contribution < -0.4 is 5.32 Å². The average molecular weight is 182 g/mol. The molecule has 0 aliphatic carbocycles. The lowest BCUT2D eigenvalue weighted by Gasteiger charge is -2.36. The molecule has 0 saturated carbocycles. The Morgan fingerprint density at radius 2 is 1.92 bits per heavy atom. The number of rotatable bonds is 1. The Morgan fingerprint density at radius 1 is 1.31 bits per heavy atom. The molecule has 13 heavy (non-hydrogen) atoms. The zero-order valence-electron chi connectivity index (χ0n) is 8.25. The van der Waals surface area contributed by atoms with Gasteiger partial charge in [-0.15, -0.1) is 0 Å². The number of carbonyl (C=O) groups is 1. The van der Waals surface area contributed by atoms with Gasteiger partial charge in [-0.1, -0.05) is 6.92 Å².